The number of carbonyl (C=O) groups excluding carboxylic acids is 1. The number of hydrogen-bond donors (Lipinski definition) is 2. The first-order valence-corrected chi connectivity index (χ1v) is 5.63. The topological polar surface area (TPSA) is 68.0 Å². The molecule has 0 spiro atoms. The van der Waals surface area contributed by atoms with E-state index >= 15 is 0 Å². The van der Waals surface area contributed by atoms with Gasteiger partial charge in [0.2, 0.25) is 0 Å². The van der Waals surface area contributed by atoms with Gasteiger partial charge in [-0.3, -0.25) is 10.1 Å². The molecular formula is C10H8ClN3OS. The van der Waals surface area contributed by atoms with Crippen molar-refractivity contribution in [1.29, 1.82) is 0 Å². The van der Waals surface area contributed by atoms with Crippen LogP contribution in [-0.2, 0) is 0 Å². The van der Waals surface area contributed by atoms with E-state index < -0.39 is 0 Å². The second-order valence-electron chi connectivity index (χ2n) is 3.01. The third-order valence-electron chi connectivity index (χ3n) is 1.90. The minimum atomic E-state index is -0.288. The number of nitrogens with zero attached hydrogens (tertiary/aromatic N) is 1. The van der Waals surface area contributed by atoms with Crippen molar-refractivity contribution in [3.8, 4) is 0 Å². The molecule has 0 saturated carbocycles. The summed E-state index contributed by atoms with van der Waals surface area (Å²) in [5.41, 5.74) is 6.53. The van der Waals surface area contributed by atoms with Crippen LogP contribution in [0, 0.1) is 0 Å². The molecule has 0 bridgehead atoms. The summed E-state index contributed by atoms with van der Waals surface area (Å²) in [6.07, 6.45) is 1.48. The van der Waals surface area contributed by atoms with Crippen LogP contribution in [0.4, 0.5) is 10.8 Å². The molecule has 1 aromatic heterocycles. The van der Waals surface area contributed by atoms with Crippen LogP contribution in [-0.4, -0.2) is 10.9 Å². The van der Waals surface area contributed by atoms with Gasteiger partial charge in [0.05, 0.1) is 11.8 Å². The molecule has 0 radical (unpaired) electrons. The maximum absolute atomic E-state index is 11.8. The van der Waals surface area contributed by atoms with Crippen molar-refractivity contribution >= 4 is 39.7 Å². The Bertz CT molecular complexity index is 526. The summed E-state index contributed by atoms with van der Waals surface area (Å²) in [6.45, 7) is 0. The molecule has 2 rings (SSSR count). The average Bonchev–Trinajstić information content (AvgIpc) is 2.64. The Morgan fingerprint density at radius 1 is 1.44 bits per heavy atom. The van der Waals surface area contributed by atoms with Gasteiger partial charge in [-0.25, -0.2) is 4.98 Å². The molecule has 1 aromatic carbocycles. The van der Waals surface area contributed by atoms with E-state index in [-0.39, 0.29) is 5.91 Å². The third kappa shape index (κ3) is 2.32. The normalized spacial score (nSPS) is 10.1. The number of carbonyl (C=O) groups is 1. The highest BCUT2D eigenvalue weighted by Crippen LogP contribution is 2.23. The Kier molecular flexibility index (Phi) is 3.07. The smallest absolute Gasteiger partial charge is 0.259 e. The molecular weight excluding hydrogens is 246 g/mol. The van der Waals surface area contributed by atoms with Gasteiger partial charge >= 0.3 is 0 Å². The highest BCUT2D eigenvalue weighted by Gasteiger charge is 2.10. The molecule has 0 aliphatic heterocycles. The molecule has 16 heavy (non-hydrogen) atoms. The predicted octanol–water partition coefficient (Wildman–Crippen LogP) is 2.63. The summed E-state index contributed by atoms with van der Waals surface area (Å²) in [4.78, 5) is 15.7. The standard InChI is InChI=1S/C10H8ClN3OS/c11-8-5-13-10(16-8)14-9(15)6-3-1-2-4-7(6)12/h1-5H,12H2,(H,13,14,15). The molecule has 1 amide bonds. The van der Waals surface area contributed by atoms with Crippen LogP contribution in [0.15, 0.2) is 30.5 Å². The molecule has 0 aliphatic carbocycles. The molecule has 0 atom stereocenters. The van der Waals surface area contributed by atoms with Crippen molar-refractivity contribution in [2.24, 2.45) is 0 Å². The van der Waals surface area contributed by atoms with E-state index in [1.54, 1.807) is 24.3 Å². The first-order valence-electron chi connectivity index (χ1n) is 4.44. The lowest BCUT2D eigenvalue weighted by Crippen LogP contribution is -2.13. The van der Waals surface area contributed by atoms with E-state index in [1.165, 1.54) is 17.5 Å². The van der Waals surface area contributed by atoms with Crippen molar-refractivity contribution in [3.63, 3.8) is 0 Å². The summed E-state index contributed by atoms with van der Waals surface area (Å²) >= 11 is 6.90. The maximum Gasteiger partial charge on any atom is 0.259 e. The van der Waals surface area contributed by atoms with Gasteiger partial charge < -0.3 is 5.73 Å². The summed E-state index contributed by atoms with van der Waals surface area (Å²) in [6, 6.07) is 6.84. The van der Waals surface area contributed by atoms with Gasteiger partial charge in [0.25, 0.3) is 5.91 Å². The molecule has 4 nitrogen and oxygen atoms in total. The lowest BCUT2D eigenvalue weighted by molar-refractivity contribution is 0.102. The number of hydrogen-bond acceptors (Lipinski definition) is 4. The van der Waals surface area contributed by atoms with Crippen LogP contribution in [0.25, 0.3) is 0 Å². The summed E-state index contributed by atoms with van der Waals surface area (Å²) in [5.74, 6) is -0.288. The van der Waals surface area contributed by atoms with Gasteiger partial charge in [0.1, 0.15) is 4.34 Å². The van der Waals surface area contributed by atoms with E-state index in [4.69, 9.17) is 17.3 Å². The molecule has 0 aliphatic rings. The maximum atomic E-state index is 11.8. The number of thiazole rings is 1. The summed E-state index contributed by atoms with van der Waals surface area (Å²) in [5, 5.41) is 3.08. The van der Waals surface area contributed by atoms with Gasteiger partial charge in [-0.1, -0.05) is 35.1 Å². The van der Waals surface area contributed by atoms with Crippen molar-refractivity contribution in [3.05, 3.63) is 40.4 Å². The van der Waals surface area contributed by atoms with Crippen molar-refractivity contribution in [2.75, 3.05) is 11.1 Å². The highest BCUT2D eigenvalue weighted by atomic mass is 35.5. The van der Waals surface area contributed by atoms with Crippen LogP contribution < -0.4 is 11.1 Å². The zero-order chi connectivity index (χ0) is 11.5. The molecule has 82 valence electrons. The zero-order valence-corrected chi connectivity index (χ0v) is 9.68. The molecule has 0 saturated heterocycles. The Morgan fingerprint density at radius 2 is 2.19 bits per heavy atom. The van der Waals surface area contributed by atoms with Gasteiger partial charge in [-0.2, -0.15) is 0 Å². The minimum Gasteiger partial charge on any atom is -0.398 e. The number of benzene rings is 1. The van der Waals surface area contributed by atoms with Crippen molar-refractivity contribution in [2.45, 2.75) is 0 Å². The highest BCUT2D eigenvalue weighted by molar-refractivity contribution is 7.19. The fourth-order valence-corrected chi connectivity index (χ4v) is 1.99. The number of nitrogens with one attached hydrogen (secondary N) is 1. The summed E-state index contributed by atoms with van der Waals surface area (Å²) < 4.78 is 0.524. The van der Waals surface area contributed by atoms with Crippen molar-refractivity contribution < 1.29 is 4.79 Å². The van der Waals surface area contributed by atoms with Gasteiger partial charge in [-0.05, 0) is 12.1 Å². The lowest BCUT2D eigenvalue weighted by Gasteiger charge is -2.03. The molecule has 2 aromatic rings. The number of halogens is 1. The molecule has 6 heteroatoms. The molecule has 3 N–H and O–H groups in total. The minimum absolute atomic E-state index is 0.288. The zero-order valence-electron chi connectivity index (χ0n) is 8.11. The monoisotopic (exact) mass is 253 g/mol. The molecule has 0 fully saturated rings. The van der Waals surface area contributed by atoms with E-state index in [0.717, 1.165) is 0 Å². The molecule has 0 unspecified atom stereocenters. The number of rotatable bonds is 2. The first kappa shape index (κ1) is 10.9. The largest absolute Gasteiger partial charge is 0.398 e. The Morgan fingerprint density at radius 3 is 2.81 bits per heavy atom. The van der Waals surface area contributed by atoms with E-state index in [0.29, 0.717) is 20.7 Å². The van der Waals surface area contributed by atoms with Crippen LogP contribution in [0.1, 0.15) is 10.4 Å². The van der Waals surface area contributed by atoms with Crippen molar-refractivity contribution in [1.82, 2.24) is 4.98 Å². The SMILES string of the molecule is Nc1ccccc1C(=O)Nc1ncc(Cl)s1. The number of amides is 1. The van der Waals surface area contributed by atoms with E-state index in [9.17, 15) is 4.79 Å². The second-order valence-corrected chi connectivity index (χ2v) is 4.67. The average molecular weight is 254 g/mol. The Balaban J connectivity index is 2.18. The fourth-order valence-electron chi connectivity index (χ4n) is 1.18. The quantitative estimate of drug-likeness (QED) is 0.809. The predicted molar refractivity (Wildman–Crippen MR) is 65.9 cm³/mol. The van der Waals surface area contributed by atoms with Crippen LogP contribution in [0.2, 0.25) is 4.34 Å². The summed E-state index contributed by atoms with van der Waals surface area (Å²) in [7, 11) is 0. The van der Waals surface area contributed by atoms with E-state index in [2.05, 4.69) is 10.3 Å². The lowest BCUT2D eigenvalue weighted by atomic mass is 10.2. The second kappa shape index (κ2) is 4.51. The van der Waals surface area contributed by atoms with Crippen LogP contribution in [0.3, 0.4) is 0 Å². The Labute approximate surface area is 101 Å². The first-order chi connectivity index (χ1) is 7.66. The van der Waals surface area contributed by atoms with Gasteiger partial charge in [-0.15, -0.1) is 0 Å². The number of nitrogen functional groups attached to an aromatic ring is 1. The van der Waals surface area contributed by atoms with Crippen LogP contribution in [0.5, 0.6) is 0 Å². The number of para-hydroxylation sites is 1. The van der Waals surface area contributed by atoms with Gasteiger partial charge in [0, 0.05) is 5.69 Å². The molecule has 1 heterocycles. The Hall–Kier alpha value is -1.59. The number of anilines is 2. The number of aromatic nitrogens is 1. The van der Waals surface area contributed by atoms with E-state index in [1.807, 2.05) is 0 Å². The number of nitrogens with two attached hydrogens (primary N) is 1. The third-order valence-corrected chi connectivity index (χ3v) is 2.93. The van der Waals surface area contributed by atoms with Crippen LogP contribution >= 0.6 is 22.9 Å². The van der Waals surface area contributed by atoms with Gasteiger partial charge in [0.15, 0.2) is 5.13 Å². The fraction of sp³-hybridized carbons (Fsp3) is 0.